The molecule has 1 aromatic carbocycles. The van der Waals surface area contributed by atoms with Gasteiger partial charge in [-0.05, 0) is 25.6 Å². The number of nitriles is 1. The fraction of sp³-hybridized carbons (Fsp3) is 0.348. The van der Waals surface area contributed by atoms with Crippen LogP contribution in [0.15, 0.2) is 30.3 Å². The van der Waals surface area contributed by atoms with Crippen molar-refractivity contribution in [3.8, 4) is 17.2 Å². The van der Waals surface area contributed by atoms with Gasteiger partial charge < -0.3 is 26.6 Å². The van der Waals surface area contributed by atoms with Gasteiger partial charge in [0.1, 0.15) is 27.2 Å². The van der Waals surface area contributed by atoms with Crippen LogP contribution in [0.2, 0.25) is 0 Å². The lowest BCUT2D eigenvalue weighted by molar-refractivity contribution is 0.0954. The van der Waals surface area contributed by atoms with Gasteiger partial charge in [0, 0.05) is 43.7 Å². The van der Waals surface area contributed by atoms with Crippen LogP contribution in [-0.4, -0.2) is 67.0 Å². The van der Waals surface area contributed by atoms with Gasteiger partial charge in [0.05, 0.1) is 5.69 Å². The lowest BCUT2D eigenvalue weighted by Crippen LogP contribution is -2.45. The highest BCUT2D eigenvalue weighted by Gasteiger charge is 2.24. The number of carbonyl (C=O) groups excluding carboxylic acids is 1. The Kier molecular flexibility index (Phi) is 6.55. The molecule has 8 nitrogen and oxygen atoms in total. The normalized spacial score (nSPS) is 15.0. The SMILES string of the molecule is CN1CCN(CCCNC(=O)c2sc3nc(N)c(C#N)c(-c4ccccc4)c3c2N)CC1. The molecule has 0 spiro atoms. The van der Waals surface area contributed by atoms with E-state index in [-0.39, 0.29) is 17.3 Å². The largest absolute Gasteiger partial charge is 0.397 e. The molecule has 0 unspecified atom stereocenters. The second-order valence-electron chi connectivity index (χ2n) is 8.00. The Morgan fingerprint density at radius 2 is 1.94 bits per heavy atom. The number of benzene rings is 1. The van der Waals surface area contributed by atoms with Crippen LogP contribution in [0.25, 0.3) is 21.3 Å². The molecule has 166 valence electrons. The van der Waals surface area contributed by atoms with Gasteiger partial charge in [-0.3, -0.25) is 4.79 Å². The summed E-state index contributed by atoms with van der Waals surface area (Å²) < 4.78 is 0. The summed E-state index contributed by atoms with van der Waals surface area (Å²) >= 11 is 1.21. The molecule has 0 saturated carbocycles. The van der Waals surface area contributed by atoms with Crippen LogP contribution >= 0.6 is 11.3 Å². The van der Waals surface area contributed by atoms with E-state index in [1.54, 1.807) is 0 Å². The maximum absolute atomic E-state index is 12.9. The molecule has 3 aromatic rings. The van der Waals surface area contributed by atoms with Crippen LogP contribution in [-0.2, 0) is 0 Å². The summed E-state index contributed by atoms with van der Waals surface area (Å²) in [4.78, 5) is 23.0. The van der Waals surface area contributed by atoms with Crippen LogP contribution in [0.1, 0.15) is 21.7 Å². The summed E-state index contributed by atoms with van der Waals surface area (Å²) in [6.45, 7) is 5.81. The molecule has 1 fully saturated rings. The highest BCUT2D eigenvalue weighted by atomic mass is 32.1. The number of likely N-dealkylation sites (N-methyl/N-ethyl adjacent to an activating group) is 1. The summed E-state index contributed by atoms with van der Waals surface area (Å²) in [7, 11) is 2.14. The van der Waals surface area contributed by atoms with Gasteiger partial charge in [0.25, 0.3) is 5.91 Å². The van der Waals surface area contributed by atoms with Crippen LogP contribution in [0.5, 0.6) is 0 Å². The fourth-order valence-corrected chi connectivity index (χ4v) is 5.03. The van der Waals surface area contributed by atoms with Crippen molar-refractivity contribution in [1.82, 2.24) is 20.1 Å². The van der Waals surface area contributed by atoms with Crippen molar-refractivity contribution in [3.05, 3.63) is 40.8 Å². The molecule has 2 aromatic heterocycles. The number of thiophene rings is 1. The molecule has 9 heteroatoms. The number of hydrogen-bond acceptors (Lipinski definition) is 8. The quantitative estimate of drug-likeness (QED) is 0.494. The number of nitrogens with zero attached hydrogens (tertiary/aromatic N) is 4. The van der Waals surface area contributed by atoms with Crippen molar-refractivity contribution in [1.29, 1.82) is 5.26 Å². The van der Waals surface area contributed by atoms with Gasteiger partial charge >= 0.3 is 0 Å². The van der Waals surface area contributed by atoms with Gasteiger partial charge in [0.2, 0.25) is 0 Å². The van der Waals surface area contributed by atoms with Crippen molar-refractivity contribution in [2.45, 2.75) is 6.42 Å². The van der Waals surface area contributed by atoms with E-state index in [0.29, 0.717) is 32.9 Å². The van der Waals surface area contributed by atoms with Gasteiger partial charge in [-0.1, -0.05) is 30.3 Å². The first-order chi connectivity index (χ1) is 15.5. The third-order valence-corrected chi connectivity index (χ3v) is 6.92. The van der Waals surface area contributed by atoms with Crippen molar-refractivity contribution >= 4 is 39.0 Å². The lowest BCUT2D eigenvalue weighted by atomic mass is 9.97. The summed E-state index contributed by atoms with van der Waals surface area (Å²) in [5, 5.41) is 13.3. The van der Waals surface area contributed by atoms with E-state index < -0.39 is 0 Å². The molecule has 5 N–H and O–H groups in total. The van der Waals surface area contributed by atoms with E-state index in [1.165, 1.54) is 11.3 Å². The van der Waals surface area contributed by atoms with Crippen molar-refractivity contribution < 1.29 is 4.79 Å². The number of piperazine rings is 1. The minimum absolute atomic E-state index is 0.138. The average Bonchev–Trinajstić information content (AvgIpc) is 3.13. The zero-order chi connectivity index (χ0) is 22.7. The van der Waals surface area contributed by atoms with Crippen LogP contribution in [0.3, 0.4) is 0 Å². The Morgan fingerprint density at radius 1 is 1.22 bits per heavy atom. The summed E-state index contributed by atoms with van der Waals surface area (Å²) in [6, 6.07) is 11.6. The number of nitrogens with one attached hydrogen (secondary N) is 1. The molecule has 3 heterocycles. The molecule has 0 radical (unpaired) electrons. The summed E-state index contributed by atoms with van der Waals surface area (Å²) in [5.41, 5.74) is 14.5. The van der Waals surface area contributed by atoms with Crippen LogP contribution < -0.4 is 16.8 Å². The van der Waals surface area contributed by atoms with E-state index in [1.807, 2.05) is 30.3 Å². The van der Waals surface area contributed by atoms with E-state index in [0.717, 1.165) is 44.7 Å². The number of hydrogen-bond donors (Lipinski definition) is 3. The first kappa shape index (κ1) is 22.0. The number of aromatic nitrogens is 1. The van der Waals surface area contributed by atoms with Crippen molar-refractivity contribution in [2.75, 3.05) is 57.8 Å². The lowest BCUT2D eigenvalue weighted by Gasteiger charge is -2.32. The topological polar surface area (TPSA) is 124 Å². The van der Waals surface area contributed by atoms with Crippen LogP contribution in [0.4, 0.5) is 11.5 Å². The molecule has 0 aliphatic carbocycles. The van der Waals surface area contributed by atoms with Gasteiger partial charge in [0.15, 0.2) is 0 Å². The van der Waals surface area contributed by atoms with E-state index in [2.05, 4.69) is 33.2 Å². The Morgan fingerprint density at radius 3 is 2.62 bits per heavy atom. The standard InChI is InChI=1S/C23H27N7OS/c1-29-10-12-30(13-11-29)9-5-8-27-22(31)20-19(25)18-17(15-6-3-2-4-7-15)16(14-24)21(26)28-23(18)32-20/h2-4,6-7H,5,8-13,25H2,1H3,(H2,26,28)(H,27,31). The molecule has 0 atom stereocenters. The monoisotopic (exact) mass is 449 g/mol. The highest BCUT2D eigenvalue weighted by Crippen LogP contribution is 2.42. The second kappa shape index (κ2) is 9.53. The van der Waals surface area contributed by atoms with Crippen molar-refractivity contribution in [2.24, 2.45) is 0 Å². The molecule has 32 heavy (non-hydrogen) atoms. The number of pyridine rings is 1. The minimum Gasteiger partial charge on any atom is -0.397 e. The molecule has 1 saturated heterocycles. The number of nitrogen functional groups attached to an aromatic ring is 2. The average molecular weight is 450 g/mol. The summed E-state index contributed by atoms with van der Waals surface area (Å²) in [6.07, 6.45) is 0.874. The summed E-state index contributed by atoms with van der Waals surface area (Å²) in [5.74, 6) is -0.0841. The number of amides is 1. The molecular formula is C23H27N7OS. The van der Waals surface area contributed by atoms with Gasteiger partial charge in [-0.15, -0.1) is 11.3 Å². The molecular weight excluding hydrogens is 422 g/mol. The number of fused-ring (bicyclic) bond motifs is 1. The third-order valence-electron chi connectivity index (χ3n) is 5.82. The van der Waals surface area contributed by atoms with E-state index in [9.17, 15) is 10.1 Å². The predicted molar refractivity (Wildman–Crippen MR) is 129 cm³/mol. The Labute approximate surface area is 191 Å². The fourth-order valence-electron chi connectivity index (χ4n) is 4.00. The van der Waals surface area contributed by atoms with Gasteiger partial charge in [-0.2, -0.15) is 5.26 Å². The molecule has 1 aliphatic rings. The van der Waals surface area contributed by atoms with Crippen LogP contribution in [0, 0.1) is 11.3 Å². The number of anilines is 2. The number of nitrogens with two attached hydrogens (primary N) is 2. The minimum atomic E-state index is -0.222. The van der Waals surface area contributed by atoms with E-state index in [4.69, 9.17) is 11.5 Å². The maximum atomic E-state index is 12.9. The zero-order valence-corrected chi connectivity index (χ0v) is 18.9. The maximum Gasteiger partial charge on any atom is 0.263 e. The third kappa shape index (κ3) is 4.39. The van der Waals surface area contributed by atoms with Gasteiger partial charge in [-0.25, -0.2) is 4.98 Å². The first-order valence-electron chi connectivity index (χ1n) is 10.7. The molecule has 0 bridgehead atoms. The zero-order valence-electron chi connectivity index (χ0n) is 18.1. The Balaban J connectivity index is 1.54. The molecule has 1 amide bonds. The number of rotatable bonds is 6. The smallest absolute Gasteiger partial charge is 0.263 e. The van der Waals surface area contributed by atoms with Crippen molar-refractivity contribution in [3.63, 3.8) is 0 Å². The Bertz CT molecular complexity index is 1160. The molecule has 1 aliphatic heterocycles. The highest BCUT2D eigenvalue weighted by molar-refractivity contribution is 7.21. The Hall–Kier alpha value is -3.19. The molecule has 4 rings (SSSR count). The predicted octanol–water partition coefficient (Wildman–Crippen LogP) is 2.37. The van der Waals surface area contributed by atoms with E-state index >= 15 is 0 Å². The first-order valence-corrected chi connectivity index (χ1v) is 11.5. The second-order valence-corrected chi connectivity index (χ2v) is 9.00. The number of carbonyl (C=O) groups is 1.